The first kappa shape index (κ1) is 8.38. The molecule has 0 radical (unpaired) electrons. The molecular formula is C10H14N2O. The van der Waals surface area contributed by atoms with E-state index in [1.54, 1.807) is 0 Å². The molecule has 0 bridgehead atoms. The minimum Gasteiger partial charge on any atom is -0.378 e. The quantitative estimate of drug-likeness (QED) is 0.741. The van der Waals surface area contributed by atoms with Crippen LogP contribution in [0, 0.1) is 0 Å². The number of ether oxygens (including phenoxy) is 1. The van der Waals surface area contributed by atoms with Crippen molar-refractivity contribution in [2.24, 2.45) is 0 Å². The van der Waals surface area contributed by atoms with Crippen LogP contribution in [0.25, 0.3) is 0 Å². The molecule has 1 aliphatic heterocycles. The second kappa shape index (κ2) is 3.66. The van der Waals surface area contributed by atoms with Crippen LogP contribution in [-0.4, -0.2) is 19.4 Å². The molecular weight excluding hydrogens is 164 g/mol. The van der Waals surface area contributed by atoms with Crippen LogP contribution in [0.15, 0.2) is 24.3 Å². The number of fused-ring (bicyclic) bond motifs is 1. The van der Waals surface area contributed by atoms with E-state index in [2.05, 4.69) is 22.8 Å². The van der Waals surface area contributed by atoms with Gasteiger partial charge in [-0.1, -0.05) is 12.1 Å². The highest BCUT2D eigenvalue weighted by atomic mass is 16.5. The van der Waals surface area contributed by atoms with Gasteiger partial charge in [0.05, 0.1) is 18.0 Å². The Bertz CT molecular complexity index is 263. The Morgan fingerprint density at radius 3 is 2.38 bits per heavy atom. The lowest BCUT2D eigenvalue weighted by Crippen LogP contribution is -2.27. The van der Waals surface area contributed by atoms with Gasteiger partial charge >= 0.3 is 0 Å². The smallest absolute Gasteiger partial charge is 0.121 e. The average Bonchev–Trinajstić information content (AvgIpc) is 2.57. The molecule has 0 spiro atoms. The first-order chi connectivity index (χ1) is 6.40. The van der Waals surface area contributed by atoms with Crippen molar-refractivity contribution in [3.63, 3.8) is 0 Å². The number of nitrogens with one attached hydrogen (secondary N) is 2. The molecule has 0 fully saturated rings. The van der Waals surface area contributed by atoms with Crippen molar-refractivity contribution < 1.29 is 4.74 Å². The van der Waals surface area contributed by atoms with Gasteiger partial charge in [0.2, 0.25) is 0 Å². The fourth-order valence-electron chi connectivity index (χ4n) is 1.47. The molecule has 0 atom stereocenters. The first-order valence-electron chi connectivity index (χ1n) is 4.60. The molecule has 1 aromatic carbocycles. The summed E-state index contributed by atoms with van der Waals surface area (Å²) in [6.45, 7) is 3.46. The van der Waals surface area contributed by atoms with Gasteiger partial charge in [-0.05, 0) is 19.1 Å². The lowest BCUT2D eigenvalue weighted by atomic mass is 10.3. The first-order valence-corrected chi connectivity index (χ1v) is 4.60. The molecule has 13 heavy (non-hydrogen) atoms. The Morgan fingerprint density at radius 1 is 1.23 bits per heavy atom. The van der Waals surface area contributed by atoms with Crippen molar-refractivity contribution in [2.45, 2.75) is 13.1 Å². The fraction of sp³-hybridized carbons (Fsp3) is 0.400. The number of hydrogen-bond acceptors (Lipinski definition) is 3. The van der Waals surface area contributed by atoms with E-state index in [0.717, 1.165) is 18.0 Å². The molecule has 3 heteroatoms. The number of rotatable bonds is 3. The highest BCUT2D eigenvalue weighted by Crippen LogP contribution is 2.27. The van der Waals surface area contributed by atoms with Crippen LogP contribution in [-0.2, 0) is 4.74 Å². The van der Waals surface area contributed by atoms with Gasteiger partial charge in [0.1, 0.15) is 6.17 Å². The Morgan fingerprint density at radius 2 is 1.85 bits per heavy atom. The van der Waals surface area contributed by atoms with E-state index in [1.807, 2.05) is 19.1 Å². The lowest BCUT2D eigenvalue weighted by Gasteiger charge is -2.11. The fourth-order valence-corrected chi connectivity index (χ4v) is 1.47. The van der Waals surface area contributed by atoms with Gasteiger partial charge < -0.3 is 15.4 Å². The second-order valence-electron chi connectivity index (χ2n) is 3.05. The van der Waals surface area contributed by atoms with Crippen molar-refractivity contribution in [1.82, 2.24) is 0 Å². The number of hydrogen-bond donors (Lipinski definition) is 2. The summed E-state index contributed by atoms with van der Waals surface area (Å²) >= 11 is 0. The van der Waals surface area contributed by atoms with Crippen LogP contribution in [0.3, 0.4) is 0 Å². The Balaban J connectivity index is 1.97. The van der Waals surface area contributed by atoms with Crippen molar-refractivity contribution in [2.75, 3.05) is 23.8 Å². The molecule has 1 heterocycles. The predicted octanol–water partition coefficient (Wildman–Crippen LogP) is 1.89. The molecule has 70 valence electrons. The molecule has 1 aromatic rings. The summed E-state index contributed by atoms with van der Waals surface area (Å²) in [5, 5.41) is 6.67. The Labute approximate surface area is 78.1 Å². The van der Waals surface area contributed by atoms with Crippen LogP contribution < -0.4 is 10.6 Å². The molecule has 2 N–H and O–H groups in total. The van der Waals surface area contributed by atoms with E-state index in [0.29, 0.717) is 6.61 Å². The zero-order chi connectivity index (χ0) is 9.10. The summed E-state index contributed by atoms with van der Waals surface area (Å²) in [5.74, 6) is 0. The van der Waals surface area contributed by atoms with Gasteiger partial charge in [-0.3, -0.25) is 0 Å². The molecule has 0 aliphatic carbocycles. The van der Waals surface area contributed by atoms with E-state index in [1.165, 1.54) is 0 Å². The van der Waals surface area contributed by atoms with Crippen LogP contribution >= 0.6 is 0 Å². The van der Waals surface area contributed by atoms with Crippen molar-refractivity contribution >= 4 is 11.4 Å². The van der Waals surface area contributed by atoms with Gasteiger partial charge in [0.25, 0.3) is 0 Å². The van der Waals surface area contributed by atoms with Gasteiger partial charge in [0, 0.05) is 6.61 Å². The predicted molar refractivity (Wildman–Crippen MR) is 54.0 cm³/mol. The highest BCUT2D eigenvalue weighted by Gasteiger charge is 2.17. The molecule has 0 saturated heterocycles. The maximum Gasteiger partial charge on any atom is 0.121 e. The summed E-state index contributed by atoms with van der Waals surface area (Å²) < 4.78 is 5.32. The monoisotopic (exact) mass is 178 g/mol. The molecule has 0 unspecified atom stereocenters. The number of anilines is 2. The zero-order valence-corrected chi connectivity index (χ0v) is 7.71. The Hall–Kier alpha value is -1.22. The summed E-state index contributed by atoms with van der Waals surface area (Å²) in [5.41, 5.74) is 2.32. The second-order valence-corrected chi connectivity index (χ2v) is 3.05. The van der Waals surface area contributed by atoms with Gasteiger partial charge in [-0.15, -0.1) is 0 Å². The largest absolute Gasteiger partial charge is 0.378 e. The lowest BCUT2D eigenvalue weighted by molar-refractivity contribution is 0.144. The van der Waals surface area contributed by atoms with Gasteiger partial charge in [-0.2, -0.15) is 0 Å². The molecule has 1 aliphatic rings. The standard InChI is InChI=1S/C10H14N2O/c1-2-13-7-10-11-8-5-3-4-6-9(8)12-10/h3-6,10-12H,2,7H2,1H3. The minimum atomic E-state index is 0.220. The van der Waals surface area contributed by atoms with Crippen LogP contribution in [0.4, 0.5) is 11.4 Å². The summed E-state index contributed by atoms with van der Waals surface area (Å²) in [4.78, 5) is 0. The number of para-hydroxylation sites is 2. The Kier molecular flexibility index (Phi) is 2.36. The maximum atomic E-state index is 5.32. The average molecular weight is 178 g/mol. The topological polar surface area (TPSA) is 33.3 Å². The van der Waals surface area contributed by atoms with E-state index < -0.39 is 0 Å². The summed E-state index contributed by atoms with van der Waals surface area (Å²) in [6, 6.07) is 8.18. The third kappa shape index (κ3) is 1.75. The van der Waals surface area contributed by atoms with Crippen molar-refractivity contribution in [3.05, 3.63) is 24.3 Å². The molecule has 0 aromatic heterocycles. The molecule has 3 nitrogen and oxygen atoms in total. The SMILES string of the molecule is CCOCC1Nc2ccccc2N1. The molecule has 0 saturated carbocycles. The van der Waals surface area contributed by atoms with Crippen LogP contribution in [0.1, 0.15) is 6.92 Å². The van der Waals surface area contributed by atoms with E-state index in [-0.39, 0.29) is 6.17 Å². The van der Waals surface area contributed by atoms with E-state index >= 15 is 0 Å². The third-order valence-electron chi connectivity index (χ3n) is 2.08. The minimum absolute atomic E-state index is 0.220. The normalized spacial score (nSPS) is 14.8. The van der Waals surface area contributed by atoms with E-state index in [4.69, 9.17) is 4.74 Å². The molecule has 0 amide bonds. The van der Waals surface area contributed by atoms with Crippen molar-refractivity contribution in [3.8, 4) is 0 Å². The van der Waals surface area contributed by atoms with Crippen molar-refractivity contribution in [1.29, 1.82) is 0 Å². The highest BCUT2D eigenvalue weighted by molar-refractivity contribution is 5.74. The van der Waals surface area contributed by atoms with Gasteiger partial charge in [-0.25, -0.2) is 0 Å². The van der Waals surface area contributed by atoms with Crippen LogP contribution in [0.2, 0.25) is 0 Å². The van der Waals surface area contributed by atoms with Crippen LogP contribution in [0.5, 0.6) is 0 Å². The van der Waals surface area contributed by atoms with Gasteiger partial charge in [0.15, 0.2) is 0 Å². The maximum absolute atomic E-state index is 5.32. The third-order valence-corrected chi connectivity index (χ3v) is 2.08. The molecule has 2 rings (SSSR count). The summed E-state index contributed by atoms with van der Waals surface area (Å²) in [7, 11) is 0. The summed E-state index contributed by atoms with van der Waals surface area (Å²) in [6.07, 6.45) is 0.220. The zero-order valence-electron chi connectivity index (χ0n) is 7.71. The van der Waals surface area contributed by atoms with E-state index in [9.17, 15) is 0 Å². The number of benzene rings is 1.